The largest absolute Gasteiger partial charge is 0.481 e. The Hall–Kier alpha value is -3.23. The average molecular weight is 452 g/mol. The highest BCUT2D eigenvalue weighted by Gasteiger charge is 2.26. The van der Waals surface area contributed by atoms with Gasteiger partial charge in [0.2, 0.25) is 17.7 Å². The molecule has 0 unspecified atom stereocenters. The van der Waals surface area contributed by atoms with Crippen LogP contribution in [0.2, 0.25) is 0 Å². The number of carbonyl (C=O) groups is 2. The predicted molar refractivity (Wildman–Crippen MR) is 117 cm³/mol. The third-order valence-electron chi connectivity index (χ3n) is 4.44. The molecule has 1 aromatic heterocycles. The van der Waals surface area contributed by atoms with Crippen molar-refractivity contribution in [3.05, 3.63) is 48.0 Å². The monoisotopic (exact) mass is 452 g/mol. The summed E-state index contributed by atoms with van der Waals surface area (Å²) in [6, 6.07) is 13.4. The van der Waals surface area contributed by atoms with E-state index >= 15 is 0 Å². The molecule has 1 saturated carbocycles. The van der Waals surface area contributed by atoms with Crippen LogP contribution in [0.25, 0.3) is 0 Å². The van der Waals surface area contributed by atoms with E-state index in [9.17, 15) is 13.6 Å². The summed E-state index contributed by atoms with van der Waals surface area (Å²) in [4.78, 5) is 24.5. The van der Waals surface area contributed by atoms with Crippen molar-refractivity contribution in [2.75, 3.05) is 12.4 Å². The van der Waals surface area contributed by atoms with Crippen molar-refractivity contribution in [2.24, 2.45) is 5.92 Å². The lowest BCUT2D eigenvalue weighted by Crippen LogP contribution is -2.28. The van der Waals surface area contributed by atoms with Crippen LogP contribution in [0.15, 0.2) is 42.5 Å². The fourth-order valence-electron chi connectivity index (χ4n) is 2.55. The number of carbonyl (C=O) groups excluding carboxylic acids is 1. The van der Waals surface area contributed by atoms with E-state index < -0.39 is 12.6 Å². The molecule has 32 heavy (non-hydrogen) atoms. The van der Waals surface area contributed by atoms with Gasteiger partial charge < -0.3 is 19.9 Å². The number of carboxylic acids is 1. The summed E-state index contributed by atoms with van der Waals surface area (Å²) in [5.41, 5.74) is 1.54. The first-order valence-corrected chi connectivity index (χ1v) is 10.2. The Morgan fingerprint density at radius 1 is 1.12 bits per heavy atom. The van der Waals surface area contributed by atoms with Gasteiger partial charge in [-0.1, -0.05) is 50.6 Å². The van der Waals surface area contributed by atoms with Crippen molar-refractivity contribution in [2.45, 2.75) is 52.6 Å². The highest BCUT2D eigenvalue weighted by molar-refractivity contribution is 5.94. The maximum Gasteiger partial charge on any atom is 0.388 e. The number of anilines is 1. The van der Waals surface area contributed by atoms with E-state index in [0.29, 0.717) is 5.92 Å². The fraction of sp³-hybridized carbons (Fsp3) is 0.435. The minimum absolute atomic E-state index is 0.0542. The number of alkyl halides is 2. The molecule has 0 aliphatic heterocycles. The summed E-state index contributed by atoms with van der Waals surface area (Å²) in [6.45, 7) is 2.48. The summed E-state index contributed by atoms with van der Waals surface area (Å²) < 4.78 is 33.7. The number of amides is 1. The summed E-state index contributed by atoms with van der Waals surface area (Å²) in [5.74, 6) is -0.635. The van der Waals surface area contributed by atoms with Crippen molar-refractivity contribution in [3.8, 4) is 11.8 Å². The number of hydrogen-bond acceptors (Lipinski definition) is 5. The second-order valence-electron chi connectivity index (χ2n) is 7.29. The van der Waals surface area contributed by atoms with Crippen molar-refractivity contribution in [3.63, 3.8) is 0 Å². The van der Waals surface area contributed by atoms with Crippen LogP contribution < -0.4 is 14.8 Å². The average Bonchev–Trinajstić information content (AvgIpc) is 2.68. The molecule has 2 aromatic rings. The van der Waals surface area contributed by atoms with Gasteiger partial charge in [-0.15, -0.1) is 0 Å². The number of methoxy groups -OCH3 is 1. The zero-order valence-corrected chi connectivity index (χ0v) is 18.7. The number of ether oxygens (including phenoxy) is 2. The number of halogens is 2. The summed E-state index contributed by atoms with van der Waals surface area (Å²) >= 11 is 0. The van der Waals surface area contributed by atoms with Gasteiger partial charge in [-0.05, 0) is 30.4 Å². The number of nitrogens with one attached hydrogen (secondary N) is 1. The second-order valence-corrected chi connectivity index (χ2v) is 7.29. The van der Waals surface area contributed by atoms with Crippen molar-refractivity contribution in [1.82, 2.24) is 4.98 Å². The minimum Gasteiger partial charge on any atom is -0.481 e. The molecular weight excluding hydrogens is 422 g/mol. The Morgan fingerprint density at radius 3 is 2.12 bits per heavy atom. The maximum atomic E-state index is 12.3. The third kappa shape index (κ3) is 10.2. The molecule has 1 aliphatic rings. The number of rotatable bonds is 6. The molecule has 1 aliphatic carbocycles. The van der Waals surface area contributed by atoms with E-state index in [-0.39, 0.29) is 29.3 Å². The van der Waals surface area contributed by atoms with Crippen LogP contribution in [0.1, 0.15) is 51.5 Å². The Morgan fingerprint density at radius 2 is 1.72 bits per heavy atom. The quantitative estimate of drug-likeness (QED) is 0.615. The van der Waals surface area contributed by atoms with Crippen LogP contribution in [-0.4, -0.2) is 35.7 Å². The topological polar surface area (TPSA) is 97.8 Å². The molecule has 3 rings (SSSR count). The van der Waals surface area contributed by atoms with Gasteiger partial charge in [-0.3, -0.25) is 9.59 Å². The molecule has 0 bridgehead atoms. The Bertz CT molecular complexity index is 840. The molecule has 7 nitrogen and oxygen atoms in total. The maximum absolute atomic E-state index is 12.3. The van der Waals surface area contributed by atoms with E-state index in [1.807, 2.05) is 6.07 Å². The first-order valence-electron chi connectivity index (χ1n) is 10.2. The van der Waals surface area contributed by atoms with Crippen LogP contribution in [0.5, 0.6) is 11.8 Å². The number of hydrogen-bond donors (Lipinski definition) is 2. The first kappa shape index (κ1) is 26.8. The summed E-state index contributed by atoms with van der Waals surface area (Å²) in [5, 5.41) is 9.97. The molecule has 1 amide bonds. The van der Waals surface area contributed by atoms with Gasteiger partial charge in [0.1, 0.15) is 5.69 Å². The number of benzene rings is 1. The van der Waals surface area contributed by atoms with Crippen LogP contribution in [0, 0.1) is 5.92 Å². The molecule has 9 heteroatoms. The molecule has 0 radical (unpaired) electrons. The molecule has 0 spiro atoms. The minimum atomic E-state index is -3.01. The van der Waals surface area contributed by atoms with Gasteiger partial charge in [-0.25, -0.2) is 0 Å². The number of aliphatic carboxylic acids is 1. The molecule has 2 N–H and O–H groups in total. The number of carboxylic acid groups (broad SMARTS) is 1. The standard InChI is InChI=1S/C12H14F2N2O3.C9H12.C2H4O2/c1-18-9-6-5-8(11(16-9)19-12(13)14)15-10(17)7-3-2-4-7;1-8(2)9-6-4-3-5-7-9;1-2(3)4/h5-7,12H,2-4H2,1H3,(H,15,17);3-8H,1-2H3;1H3,(H,3,4). The number of pyridine rings is 1. The van der Waals surface area contributed by atoms with Crippen LogP contribution >= 0.6 is 0 Å². The van der Waals surface area contributed by atoms with Crippen LogP contribution in [0.3, 0.4) is 0 Å². The Balaban J connectivity index is 0.000000326. The summed E-state index contributed by atoms with van der Waals surface area (Å²) in [6.07, 6.45) is 2.65. The van der Waals surface area contributed by atoms with Gasteiger partial charge in [-0.2, -0.15) is 13.8 Å². The van der Waals surface area contributed by atoms with Gasteiger partial charge in [0.25, 0.3) is 5.97 Å². The summed E-state index contributed by atoms with van der Waals surface area (Å²) in [7, 11) is 1.36. The van der Waals surface area contributed by atoms with Crippen molar-refractivity contribution in [1.29, 1.82) is 0 Å². The third-order valence-corrected chi connectivity index (χ3v) is 4.44. The molecule has 1 aromatic carbocycles. The molecule has 176 valence electrons. The zero-order chi connectivity index (χ0) is 24.1. The molecule has 1 heterocycles. The lowest BCUT2D eigenvalue weighted by molar-refractivity contribution is -0.134. The second kappa shape index (κ2) is 14.0. The Labute approximate surface area is 186 Å². The molecule has 1 fully saturated rings. The van der Waals surface area contributed by atoms with Gasteiger partial charge in [0, 0.05) is 18.9 Å². The van der Waals surface area contributed by atoms with Crippen molar-refractivity contribution >= 4 is 17.6 Å². The van der Waals surface area contributed by atoms with Crippen LogP contribution in [0.4, 0.5) is 14.5 Å². The van der Waals surface area contributed by atoms with E-state index in [4.69, 9.17) is 14.6 Å². The van der Waals surface area contributed by atoms with Gasteiger partial charge in [0.05, 0.1) is 7.11 Å². The smallest absolute Gasteiger partial charge is 0.388 e. The lowest BCUT2D eigenvalue weighted by atomic mass is 9.85. The normalized spacial score (nSPS) is 12.5. The Kier molecular flexibility index (Phi) is 11.7. The SMILES string of the molecule is CC(=O)O.CC(C)c1ccccc1.COc1ccc(NC(=O)C2CCC2)c(OC(F)F)n1. The number of aromatic nitrogens is 1. The van der Waals surface area contributed by atoms with Crippen LogP contribution in [-0.2, 0) is 9.59 Å². The first-order chi connectivity index (χ1) is 15.1. The zero-order valence-electron chi connectivity index (χ0n) is 18.7. The van der Waals surface area contributed by atoms with E-state index in [1.165, 1.54) is 24.8 Å². The van der Waals surface area contributed by atoms with E-state index in [0.717, 1.165) is 26.2 Å². The van der Waals surface area contributed by atoms with Gasteiger partial charge >= 0.3 is 6.61 Å². The van der Waals surface area contributed by atoms with E-state index in [2.05, 4.69) is 53.2 Å². The fourth-order valence-corrected chi connectivity index (χ4v) is 2.55. The van der Waals surface area contributed by atoms with Gasteiger partial charge in [0.15, 0.2) is 0 Å². The van der Waals surface area contributed by atoms with Crippen molar-refractivity contribution < 1.29 is 33.0 Å². The van der Waals surface area contributed by atoms with E-state index in [1.54, 1.807) is 0 Å². The predicted octanol–water partition coefficient (Wildman–Crippen LogP) is 5.33. The molecular formula is C23H30F2N2O5. The highest BCUT2D eigenvalue weighted by atomic mass is 19.3. The molecule has 0 atom stereocenters. The number of nitrogens with zero attached hydrogens (tertiary/aromatic N) is 1. The molecule has 0 saturated heterocycles. The lowest BCUT2D eigenvalue weighted by Gasteiger charge is -2.24. The highest BCUT2D eigenvalue weighted by Crippen LogP contribution is 2.31.